The van der Waals surface area contributed by atoms with Gasteiger partial charge in [-0.05, 0) is 5.56 Å². The third-order valence-corrected chi connectivity index (χ3v) is 4.66. The number of carbonyl (C=O) groups excluding carboxylic acids is 3. The number of hydrogen-bond acceptors (Lipinski definition) is 4. The maximum atomic E-state index is 12.3. The second-order valence-corrected chi connectivity index (χ2v) is 6.09. The monoisotopic (exact) mass is 315 g/mol. The zero-order chi connectivity index (χ0) is 16.4. The van der Waals surface area contributed by atoms with Crippen LogP contribution in [0.4, 0.5) is 0 Å². The third kappa shape index (κ3) is 3.27. The Kier molecular flexibility index (Phi) is 4.43. The first-order chi connectivity index (χ1) is 11.1. The van der Waals surface area contributed by atoms with E-state index in [9.17, 15) is 14.4 Å². The molecule has 1 atom stereocenters. The van der Waals surface area contributed by atoms with Gasteiger partial charge >= 0.3 is 0 Å². The van der Waals surface area contributed by atoms with Crippen LogP contribution >= 0.6 is 0 Å². The first-order valence-electron chi connectivity index (χ1n) is 7.92. The molecule has 122 valence electrons. The highest BCUT2D eigenvalue weighted by Crippen LogP contribution is 2.19. The van der Waals surface area contributed by atoms with Crippen molar-refractivity contribution in [2.24, 2.45) is 0 Å². The van der Waals surface area contributed by atoms with Crippen LogP contribution in [0.15, 0.2) is 30.3 Å². The van der Waals surface area contributed by atoms with Gasteiger partial charge in [0.25, 0.3) is 0 Å². The molecule has 2 aliphatic rings. The van der Waals surface area contributed by atoms with Crippen molar-refractivity contribution in [1.29, 1.82) is 0 Å². The predicted molar refractivity (Wildman–Crippen MR) is 84.5 cm³/mol. The Balaban J connectivity index is 1.53. The molecule has 2 heterocycles. The molecule has 3 amide bonds. The zero-order valence-electron chi connectivity index (χ0n) is 13.3. The van der Waals surface area contributed by atoms with Gasteiger partial charge in [0, 0.05) is 33.2 Å². The summed E-state index contributed by atoms with van der Waals surface area (Å²) in [5.41, 5.74) is 1.01. The largest absolute Gasteiger partial charge is 0.340 e. The summed E-state index contributed by atoms with van der Waals surface area (Å²) in [6, 6.07) is 9.35. The number of amides is 3. The molecule has 0 N–H and O–H groups in total. The van der Waals surface area contributed by atoms with Crippen LogP contribution in [-0.2, 0) is 20.8 Å². The maximum Gasteiger partial charge on any atom is 0.246 e. The molecule has 3 rings (SSSR count). The predicted octanol–water partition coefficient (Wildman–Crippen LogP) is 0.131. The molecule has 6 heteroatoms. The zero-order valence-corrected chi connectivity index (χ0v) is 13.3. The molecule has 1 aromatic carbocycles. The van der Waals surface area contributed by atoms with Crippen molar-refractivity contribution in [1.82, 2.24) is 14.7 Å². The minimum Gasteiger partial charge on any atom is -0.340 e. The van der Waals surface area contributed by atoms with E-state index in [-0.39, 0.29) is 30.2 Å². The smallest absolute Gasteiger partial charge is 0.246 e. The lowest BCUT2D eigenvalue weighted by atomic mass is 10.1. The average Bonchev–Trinajstić information content (AvgIpc) is 2.83. The summed E-state index contributed by atoms with van der Waals surface area (Å²) in [4.78, 5) is 41.1. The van der Waals surface area contributed by atoms with Gasteiger partial charge in [-0.2, -0.15) is 0 Å². The van der Waals surface area contributed by atoms with Crippen LogP contribution in [0.1, 0.15) is 12.0 Å². The number of likely N-dealkylation sites (tertiary alicyclic amines) is 1. The van der Waals surface area contributed by atoms with Crippen LogP contribution in [0, 0.1) is 0 Å². The lowest BCUT2D eigenvalue weighted by molar-refractivity contribution is -0.138. The summed E-state index contributed by atoms with van der Waals surface area (Å²) in [7, 11) is 1.53. The summed E-state index contributed by atoms with van der Waals surface area (Å²) < 4.78 is 0. The number of nitrogens with zero attached hydrogens (tertiary/aromatic N) is 3. The maximum absolute atomic E-state index is 12.3. The van der Waals surface area contributed by atoms with Gasteiger partial charge in [-0.25, -0.2) is 0 Å². The van der Waals surface area contributed by atoms with E-state index < -0.39 is 0 Å². The highest BCUT2D eigenvalue weighted by molar-refractivity contribution is 6.05. The molecule has 0 aromatic heterocycles. The van der Waals surface area contributed by atoms with E-state index in [1.54, 1.807) is 0 Å². The highest BCUT2D eigenvalue weighted by atomic mass is 16.2. The second kappa shape index (κ2) is 6.50. The Morgan fingerprint density at radius 3 is 2.30 bits per heavy atom. The van der Waals surface area contributed by atoms with Crippen LogP contribution < -0.4 is 0 Å². The summed E-state index contributed by atoms with van der Waals surface area (Å²) in [5, 5.41) is 0. The topological polar surface area (TPSA) is 60.9 Å². The van der Waals surface area contributed by atoms with Crippen molar-refractivity contribution in [2.75, 3.05) is 33.2 Å². The number of likely N-dealkylation sites (N-methyl/N-ethyl adjacent to an activating group) is 1. The molecule has 0 saturated carbocycles. The van der Waals surface area contributed by atoms with E-state index in [4.69, 9.17) is 0 Å². The van der Waals surface area contributed by atoms with Gasteiger partial charge in [-0.3, -0.25) is 24.2 Å². The molecule has 0 aliphatic carbocycles. The molecule has 0 radical (unpaired) electrons. The number of benzene rings is 1. The molecule has 0 spiro atoms. The Morgan fingerprint density at radius 2 is 1.74 bits per heavy atom. The van der Waals surface area contributed by atoms with Crippen LogP contribution in [-0.4, -0.2) is 71.7 Å². The number of rotatable bonds is 3. The lowest BCUT2D eigenvalue weighted by Gasteiger charge is -2.37. The van der Waals surface area contributed by atoms with E-state index in [0.29, 0.717) is 32.6 Å². The van der Waals surface area contributed by atoms with Crippen molar-refractivity contribution in [3.8, 4) is 0 Å². The molecule has 0 bridgehead atoms. The van der Waals surface area contributed by atoms with Gasteiger partial charge in [0.2, 0.25) is 17.7 Å². The fourth-order valence-corrected chi connectivity index (χ4v) is 3.19. The molecule has 6 nitrogen and oxygen atoms in total. The van der Waals surface area contributed by atoms with E-state index in [1.807, 2.05) is 40.1 Å². The van der Waals surface area contributed by atoms with Crippen LogP contribution in [0.25, 0.3) is 0 Å². The fourth-order valence-electron chi connectivity index (χ4n) is 3.19. The minimum absolute atomic E-state index is 0.113. The standard InChI is InChI=1S/C17H21N3O3/c1-18-15(21)12-14(17(18)23)19-7-9-20(10-8-19)16(22)11-13-5-3-2-4-6-13/h2-6,14H,7-12H2,1H3. The van der Waals surface area contributed by atoms with Crippen molar-refractivity contribution < 1.29 is 14.4 Å². The average molecular weight is 315 g/mol. The quantitative estimate of drug-likeness (QED) is 0.744. The Hall–Kier alpha value is -2.21. The Labute approximate surface area is 135 Å². The molecule has 2 fully saturated rings. The summed E-state index contributed by atoms with van der Waals surface area (Å²) in [6.45, 7) is 2.48. The van der Waals surface area contributed by atoms with Crippen molar-refractivity contribution >= 4 is 17.7 Å². The van der Waals surface area contributed by atoms with Gasteiger partial charge < -0.3 is 4.90 Å². The fraction of sp³-hybridized carbons (Fsp3) is 0.471. The molecule has 23 heavy (non-hydrogen) atoms. The minimum atomic E-state index is -0.348. The third-order valence-electron chi connectivity index (χ3n) is 4.66. The van der Waals surface area contributed by atoms with Gasteiger partial charge in [0.05, 0.1) is 18.9 Å². The van der Waals surface area contributed by atoms with Crippen LogP contribution in [0.3, 0.4) is 0 Å². The first-order valence-corrected chi connectivity index (χ1v) is 7.92. The normalized spacial score (nSPS) is 22.7. The second-order valence-electron chi connectivity index (χ2n) is 6.09. The van der Waals surface area contributed by atoms with E-state index >= 15 is 0 Å². The van der Waals surface area contributed by atoms with E-state index in [1.165, 1.54) is 11.9 Å². The molecule has 2 saturated heterocycles. The van der Waals surface area contributed by atoms with Gasteiger partial charge in [0.1, 0.15) is 0 Å². The molecule has 2 aliphatic heterocycles. The van der Waals surface area contributed by atoms with Crippen molar-refractivity contribution in [3.63, 3.8) is 0 Å². The number of carbonyl (C=O) groups is 3. The number of hydrogen-bond donors (Lipinski definition) is 0. The summed E-state index contributed by atoms with van der Waals surface area (Å²) >= 11 is 0. The highest BCUT2D eigenvalue weighted by Gasteiger charge is 2.40. The van der Waals surface area contributed by atoms with Gasteiger partial charge in [-0.1, -0.05) is 30.3 Å². The number of imide groups is 1. The van der Waals surface area contributed by atoms with E-state index in [0.717, 1.165) is 5.56 Å². The molecule has 1 aromatic rings. The Morgan fingerprint density at radius 1 is 1.09 bits per heavy atom. The first kappa shape index (κ1) is 15.7. The van der Waals surface area contributed by atoms with Crippen molar-refractivity contribution in [2.45, 2.75) is 18.9 Å². The van der Waals surface area contributed by atoms with E-state index in [2.05, 4.69) is 0 Å². The van der Waals surface area contributed by atoms with Crippen LogP contribution in [0.5, 0.6) is 0 Å². The molecular weight excluding hydrogens is 294 g/mol. The SMILES string of the molecule is CN1C(=O)CC(N2CCN(C(=O)Cc3ccccc3)CC2)C1=O. The van der Waals surface area contributed by atoms with Crippen molar-refractivity contribution in [3.05, 3.63) is 35.9 Å². The van der Waals surface area contributed by atoms with Gasteiger partial charge in [0.15, 0.2) is 0 Å². The number of piperazine rings is 1. The summed E-state index contributed by atoms with van der Waals surface area (Å²) in [5.74, 6) is -0.136. The summed E-state index contributed by atoms with van der Waals surface area (Å²) in [6.07, 6.45) is 0.664. The van der Waals surface area contributed by atoms with Crippen LogP contribution in [0.2, 0.25) is 0 Å². The molecule has 1 unspecified atom stereocenters. The van der Waals surface area contributed by atoms with Gasteiger partial charge in [-0.15, -0.1) is 0 Å². The Bertz CT molecular complexity index is 609. The lowest BCUT2D eigenvalue weighted by Crippen LogP contribution is -2.53. The molecular formula is C17H21N3O3.